The molecule has 0 aliphatic carbocycles. The van der Waals surface area contributed by atoms with E-state index in [0.29, 0.717) is 5.56 Å². The molecule has 0 aliphatic rings. The lowest BCUT2D eigenvalue weighted by atomic mass is 10.1. The summed E-state index contributed by atoms with van der Waals surface area (Å²) < 4.78 is 27.5. The molecule has 2 aromatic rings. The van der Waals surface area contributed by atoms with Crippen molar-refractivity contribution >= 4 is 10.0 Å². The van der Waals surface area contributed by atoms with Gasteiger partial charge in [0.25, 0.3) is 0 Å². The van der Waals surface area contributed by atoms with E-state index in [1.165, 1.54) is 6.07 Å². The van der Waals surface area contributed by atoms with Gasteiger partial charge in [0, 0.05) is 6.04 Å². The highest BCUT2D eigenvalue weighted by molar-refractivity contribution is 7.89. The SMILES string of the molecule is Cc1ccc(S(=O)(=O)NC(C)c2ccccc2)cc1CO. The van der Waals surface area contributed by atoms with E-state index in [0.717, 1.165) is 11.1 Å². The van der Waals surface area contributed by atoms with Gasteiger partial charge in [0.05, 0.1) is 11.5 Å². The maximum atomic E-state index is 12.4. The summed E-state index contributed by atoms with van der Waals surface area (Å²) in [5.74, 6) is 0. The number of aliphatic hydroxyl groups excluding tert-OH is 1. The number of aliphatic hydroxyl groups is 1. The van der Waals surface area contributed by atoms with Gasteiger partial charge in [0.1, 0.15) is 0 Å². The molecule has 5 heteroatoms. The van der Waals surface area contributed by atoms with E-state index in [4.69, 9.17) is 0 Å². The molecule has 21 heavy (non-hydrogen) atoms. The van der Waals surface area contributed by atoms with Crippen LogP contribution in [0.4, 0.5) is 0 Å². The van der Waals surface area contributed by atoms with Crippen molar-refractivity contribution in [3.05, 3.63) is 65.2 Å². The Morgan fingerprint density at radius 3 is 2.43 bits per heavy atom. The van der Waals surface area contributed by atoms with Crippen LogP contribution in [0.25, 0.3) is 0 Å². The van der Waals surface area contributed by atoms with Crippen molar-refractivity contribution in [2.24, 2.45) is 0 Å². The second-order valence-electron chi connectivity index (χ2n) is 5.00. The van der Waals surface area contributed by atoms with Gasteiger partial charge < -0.3 is 5.11 Å². The number of hydrogen-bond acceptors (Lipinski definition) is 3. The highest BCUT2D eigenvalue weighted by Crippen LogP contribution is 2.19. The molecule has 0 aliphatic heterocycles. The number of benzene rings is 2. The lowest BCUT2D eigenvalue weighted by Gasteiger charge is -2.15. The van der Waals surface area contributed by atoms with E-state index in [2.05, 4.69) is 4.72 Å². The number of sulfonamides is 1. The van der Waals surface area contributed by atoms with Crippen LogP contribution in [0.15, 0.2) is 53.4 Å². The Morgan fingerprint density at radius 1 is 1.14 bits per heavy atom. The molecule has 0 heterocycles. The Labute approximate surface area is 125 Å². The normalized spacial score (nSPS) is 13.1. The fourth-order valence-electron chi connectivity index (χ4n) is 2.10. The Bertz CT molecular complexity index is 712. The largest absolute Gasteiger partial charge is 0.392 e. The standard InChI is InChI=1S/C16H19NO3S/c1-12-8-9-16(10-15(12)11-18)21(19,20)17-13(2)14-6-4-3-5-7-14/h3-10,13,17-18H,11H2,1-2H3. The molecular formula is C16H19NO3S. The zero-order chi connectivity index (χ0) is 15.5. The van der Waals surface area contributed by atoms with E-state index in [9.17, 15) is 13.5 Å². The minimum Gasteiger partial charge on any atom is -0.392 e. The zero-order valence-corrected chi connectivity index (χ0v) is 12.9. The van der Waals surface area contributed by atoms with Gasteiger partial charge in [-0.15, -0.1) is 0 Å². The van der Waals surface area contributed by atoms with E-state index >= 15 is 0 Å². The molecule has 1 atom stereocenters. The second kappa shape index (κ2) is 6.39. The quantitative estimate of drug-likeness (QED) is 0.892. The Balaban J connectivity index is 2.26. The van der Waals surface area contributed by atoms with Gasteiger partial charge in [-0.05, 0) is 42.7 Å². The first-order chi connectivity index (χ1) is 9.94. The molecule has 112 valence electrons. The summed E-state index contributed by atoms with van der Waals surface area (Å²) in [4.78, 5) is 0.167. The van der Waals surface area contributed by atoms with Gasteiger partial charge in [-0.1, -0.05) is 36.4 Å². The van der Waals surface area contributed by atoms with Crippen LogP contribution in [0, 0.1) is 6.92 Å². The average Bonchev–Trinajstić information content (AvgIpc) is 2.48. The summed E-state index contributed by atoms with van der Waals surface area (Å²) in [6, 6.07) is 13.8. The minimum absolute atomic E-state index is 0.167. The van der Waals surface area contributed by atoms with Crippen LogP contribution < -0.4 is 4.72 Å². The van der Waals surface area contributed by atoms with Crippen molar-refractivity contribution in [2.75, 3.05) is 0 Å². The van der Waals surface area contributed by atoms with E-state index in [1.807, 2.05) is 37.3 Å². The monoisotopic (exact) mass is 305 g/mol. The Kier molecular flexibility index (Phi) is 4.77. The first-order valence-corrected chi connectivity index (χ1v) is 8.20. The second-order valence-corrected chi connectivity index (χ2v) is 6.71. The van der Waals surface area contributed by atoms with Crippen molar-refractivity contribution in [2.45, 2.75) is 31.4 Å². The minimum atomic E-state index is -3.62. The van der Waals surface area contributed by atoms with Gasteiger partial charge in [-0.3, -0.25) is 0 Å². The first kappa shape index (κ1) is 15.7. The summed E-state index contributed by atoms with van der Waals surface area (Å²) in [5.41, 5.74) is 2.38. The predicted octanol–water partition coefficient (Wildman–Crippen LogP) is 2.53. The van der Waals surface area contributed by atoms with E-state index in [1.54, 1.807) is 19.1 Å². The summed E-state index contributed by atoms with van der Waals surface area (Å²) in [6.45, 7) is 3.46. The lowest BCUT2D eigenvalue weighted by molar-refractivity contribution is 0.280. The molecule has 0 saturated heterocycles. The van der Waals surface area contributed by atoms with Gasteiger partial charge in [0.15, 0.2) is 0 Å². The topological polar surface area (TPSA) is 66.4 Å². The average molecular weight is 305 g/mol. The molecule has 0 spiro atoms. The predicted molar refractivity (Wildman–Crippen MR) is 82.3 cm³/mol. The van der Waals surface area contributed by atoms with Crippen LogP contribution in [0.2, 0.25) is 0 Å². The third-order valence-electron chi connectivity index (χ3n) is 3.43. The van der Waals surface area contributed by atoms with Gasteiger partial charge in [-0.25, -0.2) is 13.1 Å². The highest BCUT2D eigenvalue weighted by atomic mass is 32.2. The fraction of sp³-hybridized carbons (Fsp3) is 0.250. The fourth-order valence-corrected chi connectivity index (χ4v) is 3.38. The van der Waals surface area contributed by atoms with Gasteiger partial charge >= 0.3 is 0 Å². The summed E-state index contributed by atoms with van der Waals surface area (Å²) in [5, 5.41) is 9.25. The summed E-state index contributed by atoms with van der Waals surface area (Å²) in [6.07, 6.45) is 0. The maximum Gasteiger partial charge on any atom is 0.241 e. The Hall–Kier alpha value is -1.69. The van der Waals surface area contributed by atoms with E-state index in [-0.39, 0.29) is 17.5 Å². The number of aryl methyl sites for hydroxylation is 1. The molecule has 2 rings (SSSR count). The van der Waals surface area contributed by atoms with Crippen molar-refractivity contribution in [1.82, 2.24) is 4.72 Å². The van der Waals surface area contributed by atoms with E-state index < -0.39 is 10.0 Å². The molecule has 0 bridgehead atoms. The molecular weight excluding hydrogens is 286 g/mol. The molecule has 0 saturated carbocycles. The smallest absolute Gasteiger partial charge is 0.241 e. The van der Waals surface area contributed by atoms with Crippen LogP contribution in [-0.2, 0) is 16.6 Å². The molecule has 2 N–H and O–H groups in total. The highest BCUT2D eigenvalue weighted by Gasteiger charge is 2.19. The molecule has 0 aromatic heterocycles. The molecule has 1 unspecified atom stereocenters. The number of hydrogen-bond donors (Lipinski definition) is 2. The molecule has 0 radical (unpaired) electrons. The molecule has 0 fully saturated rings. The summed E-state index contributed by atoms with van der Waals surface area (Å²) >= 11 is 0. The lowest BCUT2D eigenvalue weighted by Crippen LogP contribution is -2.27. The summed E-state index contributed by atoms with van der Waals surface area (Å²) in [7, 11) is -3.62. The van der Waals surface area contributed by atoms with Crippen molar-refractivity contribution in [3.63, 3.8) is 0 Å². The van der Waals surface area contributed by atoms with Crippen LogP contribution >= 0.6 is 0 Å². The first-order valence-electron chi connectivity index (χ1n) is 6.71. The number of rotatable bonds is 5. The van der Waals surface area contributed by atoms with Crippen molar-refractivity contribution in [3.8, 4) is 0 Å². The van der Waals surface area contributed by atoms with Crippen molar-refractivity contribution < 1.29 is 13.5 Å². The molecule has 4 nitrogen and oxygen atoms in total. The van der Waals surface area contributed by atoms with Crippen LogP contribution in [0.3, 0.4) is 0 Å². The Morgan fingerprint density at radius 2 is 1.81 bits per heavy atom. The van der Waals surface area contributed by atoms with Crippen LogP contribution in [-0.4, -0.2) is 13.5 Å². The van der Waals surface area contributed by atoms with Crippen molar-refractivity contribution in [1.29, 1.82) is 0 Å². The third-order valence-corrected chi connectivity index (χ3v) is 4.97. The number of nitrogens with one attached hydrogen (secondary N) is 1. The zero-order valence-electron chi connectivity index (χ0n) is 12.1. The molecule has 0 amide bonds. The van der Waals surface area contributed by atoms with Crippen LogP contribution in [0.5, 0.6) is 0 Å². The van der Waals surface area contributed by atoms with Crippen LogP contribution in [0.1, 0.15) is 29.7 Å². The third kappa shape index (κ3) is 3.69. The van der Waals surface area contributed by atoms with Gasteiger partial charge in [0.2, 0.25) is 10.0 Å². The maximum absolute atomic E-state index is 12.4. The molecule has 2 aromatic carbocycles. The van der Waals surface area contributed by atoms with Gasteiger partial charge in [-0.2, -0.15) is 0 Å².